The summed E-state index contributed by atoms with van der Waals surface area (Å²) in [6.45, 7) is 3.22. The van der Waals surface area contributed by atoms with E-state index in [-0.39, 0.29) is 0 Å². The van der Waals surface area contributed by atoms with Crippen LogP contribution in [0.4, 0.5) is 11.4 Å². The minimum atomic E-state index is 0.643. The summed E-state index contributed by atoms with van der Waals surface area (Å²) < 4.78 is 0. The lowest BCUT2D eigenvalue weighted by molar-refractivity contribution is 0.702. The van der Waals surface area contributed by atoms with Gasteiger partial charge in [0.2, 0.25) is 0 Å². The number of rotatable bonds is 5. The van der Waals surface area contributed by atoms with Crippen molar-refractivity contribution >= 4 is 33.9 Å². The second-order valence-corrected chi connectivity index (χ2v) is 5.48. The summed E-state index contributed by atoms with van der Waals surface area (Å²) in [5, 5.41) is 5.64. The minimum Gasteiger partial charge on any atom is -0.398 e. The van der Waals surface area contributed by atoms with E-state index in [0.29, 0.717) is 5.92 Å². The van der Waals surface area contributed by atoms with Crippen LogP contribution in [-0.2, 0) is 0 Å². The number of aromatic nitrogens is 1. The smallest absolute Gasteiger partial charge is 0.0437 e. The van der Waals surface area contributed by atoms with Crippen molar-refractivity contribution in [3.63, 3.8) is 0 Å². The van der Waals surface area contributed by atoms with Gasteiger partial charge in [0.1, 0.15) is 0 Å². The van der Waals surface area contributed by atoms with Crippen LogP contribution in [0.2, 0.25) is 0 Å². The fraction of sp³-hybridized carbons (Fsp3) is 0.357. The van der Waals surface area contributed by atoms with Crippen molar-refractivity contribution in [2.45, 2.75) is 6.92 Å². The van der Waals surface area contributed by atoms with Gasteiger partial charge in [0.05, 0.1) is 0 Å². The van der Waals surface area contributed by atoms with Gasteiger partial charge in [0.25, 0.3) is 0 Å². The molecule has 0 bridgehead atoms. The summed E-state index contributed by atoms with van der Waals surface area (Å²) in [6, 6.07) is 5.94. The molecule has 0 aliphatic heterocycles. The number of nitrogens with zero attached hydrogens (tertiary/aromatic N) is 1. The van der Waals surface area contributed by atoms with Crippen LogP contribution in [0.3, 0.4) is 0 Å². The van der Waals surface area contributed by atoms with Gasteiger partial charge in [0, 0.05) is 41.1 Å². The maximum atomic E-state index is 5.97. The number of nitrogen functional groups attached to an aromatic ring is 1. The van der Waals surface area contributed by atoms with E-state index in [2.05, 4.69) is 23.5 Å². The van der Waals surface area contributed by atoms with Crippen molar-refractivity contribution in [3.05, 3.63) is 30.6 Å². The van der Waals surface area contributed by atoms with Crippen molar-refractivity contribution in [3.8, 4) is 0 Å². The molecule has 2 rings (SSSR count). The van der Waals surface area contributed by atoms with Gasteiger partial charge in [0.15, 0.2) is 0 Å². The highest BCUT2D eigenvalue weighted by Crippen LogP contribution is 2.27. The van der Waals surface area contributed by atoms with Gasteiger partial charge in [-0.2, -0.15) is 11.8 Å². The van der Waals surface area contributed by atoms with E-state index in [4.69, 9.17) is 5.73 Å². The average molecular weight is 261 g/mol. The summed E-state index contributed by atoms with van der Waals surface area (Å²) in [7, 11) is 0. The number of nitrogens with two attached hydrogens (primary N) is 1. The molecular formula is C14H19N3S. The summed E-state index contributed by atoms with van der Waals surface area (Å²) >= 11 is 1.88. The Labute approximate surface area is 112 Å². The van der Waals surface area contributed by atoms with Crippen molar-refractivity contribution in [2.24, 2.45) is 5.92 Å². The molecule has 1 unspecified atom stereocenters. The average Bonchev–Trinajstić information content (AvgIpc) is 2.39. The van der Waals surface area contributed by atoms with Crippen molar-refractivity contribution in [2.75, 3.05) is 29.6 Å². The van der Waals surface area contributed by atoms with E-state index in [0.717, 1.165) is 34.4 Å². The van der Waals surface area contributed by atoms with E-state index >= 15 is 0 Å². The minimum absolute atomic E-state index is 0.643. The maximum Gasteiger partial charge on any atom is 0.0437 e. The Morgan fingerprint density at radius 3 is 2.94 bits per heavy atom. The van der Waals surface area contributed by atoms with Crippen LogP contribution in [0.15, 0.2) is 30.6 Å². The lowest BCUT2D eigenvalue weighted by atomic mass is 10.1. The molecule has 0 fully saturated rings. The van der Waals surface area contributed by atoms with Crippen molar-refractivity contribution in [1.29, 1.82) is 0 Å². The first kappa shape index (κ1) is 13.0. The van der Waals surface area contributed by atoms with Gasteiger partial charge in [-0.15, -0.1) is 0 Å². The molecule has 0 aliphatic carbocycles. The number of fused-ring (bicyclic) bond motifs is 1. The quantitative estimate of drug-likeness (QED) is 0.811. The van der Waals surface area contributed by atoms with E-state index in [9.17, 15) is 0 Å². The predicted octanol–water partition coefficient (Wildman–Crippen LogP) is 3.23. The molecule has 4 heteroatoms. The highest BCUT2D eigenvalue weighted by molar-refractivity contribution is 7.98. The fourth-order valence-electron chi connectivity index (χ4n) is 2.00. The zero-order chi connectivity index (χ0) is 13.0. The van der Waals surface area contributed by atoms with E-state index in [1.165, 1.54) is 0 Å². The Bertz CT molecular complexity index is 527. The second-order valence-electron chi connectivity index (χ2n) is 4.57. The normalized spacial score (nSPS) is 12.6. The van der Waals surface area contributed by atoms with Gasteiger partial charge < -0.3 is 11.1 Å². The monoisotopic (exact) mass is 261 g/mol. The molecule has 0 radical (unpaired) electrons. The molecule has 1 aromatic carbocycles. The number of hydrogen-bond donors (Lipinski definition) is 2. The summed E-state index contributed by atoms with van der Waals surface area (Å²) in [5.41, 5.74) is 7.88. The molecule has 0 saturated heterocycles. The largest absolute Gasteiger partial charge is 0.398 e. The molecule has 2 aromatic rings. The van der Waals surface area contributed by atoms with Crippen molar-refractivity contribution < 1.29 is 0 Å². The number of pyridine rings is 1. The van der Waals surface area contributed by atoms with Crippen LogP contribution < -0.4 is 11.1 Å². The zero-order valence-electron chi connectivity index (χ0n) is 10.8. The third-order valence-electron chi connectivity index (χ3n) is 2.94. The number of thioether (sulfide) groups is 1. The molecule has 3 N–H and O–H groups in total. The number of anilines is 2. The molecular weight excluding hydrogens is 242 g/mol. The standard InChI is InChI=1S/C14H19N3S/c1-10(9-18-2)7-17-14-4-3-13(15)11-5-6-16-8-12(11)14/h3-6,8,10,17H,7,9,15H2,1-2H3. The number of benzene rings is 1. The Kier molecular flexibility index (Phi) is 4.31. The summed E-state index contributed by atoms with van der Waals surface area (Å²) in [5.74, 6) is 1.81. The molecule has 0 amide bonds. The Balaban J connectivity index is 2.21. The van der Waals surface area contributed by atoms with Crippen LogP contribution in [0.1, 0.15) is 6.92 Å². The van der Waals surface area contributed by atoms with Gasteiger partial charge in [-0.1, -0.05) is 6.92 Å². The van der Waals surface area contributed by atoms with Crippen LogP contribution >= 0.6 is 11.8 Å². The molecule has 1 heterocycles. The first-order valence-electron chi connectivity index (χ1n) is 6.07. The molecule has 3 nitrogen and oxygen atoms in total. The van der Waals surface area contributed by atoms with Crippen LogP contribution in [0, 0.1) is 5.92 Å². The molecule has 0 spiro atoms. The maximum absolute atomic E-state index is 5.97. The predicted molar refractivity (Wildman–Crippen MR) is 82.2 cm³/mol. The fourth-order valence-corrected chi connectivity index (χ4v) is 2.68. The molecule has 0 saturated carbocycles. The summed E-state index contributed by atoms with van der Waals surface area (Å²) in [6.07, 6.45) is 5.78. The topological polar surface area (TPSA) is 50.9 Å². The first-order chi connectivity index (χ1) is 8.72. The highest BCUT2D eigenvalue weighted by Gasteiger charge is 2.05. The van der Waals surface area contributed by atoms with Crippen LogP contribution in [0.25, 0.3) is 10.8 Å². The Morgan fingerprint density at radius 1 is 1.33 bits per heavy atom. The lowest BCUT2D eigenvalue weighted by Gasteiger charge is -2.14. The second kappa shape index (κ2) is 5.96. The number of hydrogen-bond acceptors (Lipinski definition) is 4. The van der Waals surface area contributed by atoms with Crippen molar-refractivity contribution in [1.82, 2.24) is 4.98 Å². The van der Waals surface area contributed by atoms with Gasteiger partial charge in [-0.25, -0.2) is 0 Å². The molecule has 1 atom stereocenters. The Morgan fingerprint density at radius 2 is 2.17 bits per heavy atom. The van der Waals surface area contributed by atoms with E-state index in [1.54, 1.807) is 6.20 Å². The molecule has 1 aromatic heterocycles. The van der Waals surface area contributed by atoms with Crippen LogP contribution in [0.5, 0.6) is 0 Å². The van der Waals surface area contributed by atoms with Crippen LogP contribution in [-0.4, -0.2) is 23.5 Å². The lowest BCUT2D eigenvalue weighted by Crippen LogP contribution is -2.13. The summed E-state index contributed by atoms with van der Waals surface area (Å²) in [4.78, 5) is 4.18. The third kappa shape index (κ3) is 2.88. The molecule has 18 heavy (non-hydrogen) atoms. The van der Waals surface area contributed by atoms with Gasteiger partial charge >= 0.3 is 0 Å². The van der Waals surface area contributed by atoms with E-state index < -0.39 is 0 Å². The Hall–Kier alpha value is -1.42. The first-order valence-corrected chi connectivity index (χ1v) is 7.46. The third-order valence-corrected chi connectivity index (χ3v) is 3.85. The molecule has 96 valence electrons. The SMILES string of the molecule is CSCC(C)CNc1ccc(N)c2ccncc12. The zero-order valence-corrected chi connectivity index (χ0v) is 11.6. The highest BCUT2D eigenvalue weighted by atomic mass is 32.2. The van der Waals surface area contributed by atoms with Gasteiger partial charge in [-0.3, -0.25) is 4.98 Å². The van der Waals surface area contributed by atoms with E-state index in [1.807, 2.05) is 36.2 Å². The molecule has 0 aliphatic rings. The number of nitrogens with one attached hydrogen (secondary N) is 1. The van der Waals surface area contributed by atoms with Gasteiger partial charge in [-0.05, 0) is 36.1 Å².